The van der Waals surface area contributed by atoms with Gasteiger partial charge in [0.05, 0.1) is 23.6 Å². The molecule has 1 aromatic rings. The fourth-order valence-corrected chi connectivity index (χ4v) is 5.63. The van der Waals surface area contributed by atoms with Crippen molar-refractivity contribution in [3.05, 3.63) is 45.6 Å². The number of halogens is 2. The largest absolute Gasteiger partial charge is 0.483 e. The van der Waals surface area contributed by atoms with Crippen molar-refractivity contribution in [2.75, 3.05) is 13.2 Å². The first-order valence-corrected chi connectivity index (χ1v) is 11.5. The SMILES string of the molecule is O=C1C2=C(OC3CCC(Cl)CC13)C(=O)N(CC1CCCO1)C2c1ccc(Br)cc1. The summed E-state index contributed by atoms with van der Waals surface area (Å²) in [5, 5.41) is -0.0165. The minimum atomic E-state index is -0.432. The first kappa shape index (κ1) is 19.6. The quantitative estimate of drug-likeness (QED) is 0.610. The van der Waals surface area contributed by atoms with E-state index in [0.717, 1.165) is 35.9 Å². The van der Waals surface area contributed by atoms with Gasteiger partial charge in [0, 0.05) is 23.0 Å². The maximum Gasteiger partial charge on any atom is 0.290 e. The van der Waals surface area contributed by atoms with Gasteiger partial charge in [0.2, 0.25) is 0 Å². The Hall–Kier alpha value is -1.37. The van der Waals surface area contributed by atoms with Crippen LogP contribution in [0.5, 0.6) is 0 Å². The van der Waals surface area contributed by atoms with Gasteiger partial charge in [-0.1, -0.05) is 28.1 Å². The molecule has 154 valence electrons. The number of ether oxygens (including phenoxy) is 2. The Bertz CT molecular complexity index is 864. The Morgan fingerprint density at radius 3 is 2.66 bits per heavy atom. The molecule has 1 aliphatic carbocycles. The summed E-state index contributed by atoms with van der Waals surface area (Å²) in [5.41, 5.74) is 1.42. The minimum absolute atomic E-state index is 0.00264. The first-order chi connectivity index (χ1) is 14.0. The molecule has 0 spiro atoms. The third-order valence-corrected chi connectivity index (χ3v) is 7.41. The van der Waals surface area contributed by atoms with E-state index in [1.54, 1.807) is 4.90 Å². The van der Waals surface area contributed by atoms with Crippen LogP contribution in [0.4, 0.5) is 0 Å². The van der Waals surface area contributed by atoms with E-state index >= 15 is 0 Å². The molecular weight excluding hydrogens is 458 g/mol. The topological polar surface area (TPSA) is 55.8 Å². The van der Waals surface area contributed by atoms with E-state index in [4.69, 9.17) is 21.1 Å². The van der Waals surface area contributed by atoms with Gasteiger partial charge in [-0.2, -0.15) is 0 Å². The molecule has 0 radical (unpaired) electrons. The van der Waals surface area contributed by atoms with E-state index in [1.807, 2.05) is 24.3 Å². The Balaban J connectivity index is 1.54. The summed E-state index contributed by atoms with van der Waals surface area (Å²) in [5.74, 6) is -0.186. The molecule has 1 amide bonds. The third-order valence-electron chi connectivity index (χ3n) is 6.49. The second-order valence-corrected chi connectivity index (χ2v) is 9.86. The monoisotopic (exact) mass is 479 g/mol. The van der Waals surface area contributed by atoms with Crippen molar-refractivity contribution in [2.24, 2.45) is 5.92 Å². The molecule has 1 saturated carbocycles. The number of benzene rings is 1. The molecular formula is C22H23BrClNO4. The lowest BCUT2D eigenvalue weighted by molar-refractivity contribution is -0.136. The Labute approximate surface area is 183 Å². The van der Waals surface area contributed by atoms with Crippen molar-refractivity contribution in [3.8, 4) is 0 Å². The molecule has 2 fully saturated rings. The van der Waals surface area contributed by atoms with Crippen LogP contribution in [-0.2, 0) is 19.1 Å². The van der Waals surface area contributed by atoms with Crippen molar-refractivity contribution in [3.63, 3.8) is 0 Å². The van der Waals surface area contributed by atoms with Gasteiger partial charge in [0.1, 0.15) is 6.10 Å². The number of carbonyl (C=O) groups excluding carboxylic acids is 2. The molecule has 5 rings (SSSR count). The fourth-order valence-electron chi connectivity index (χ4n) is 5.05. The molecule has 5 atom stereocenters. The van der Waals surface area contributed by atoms with Crippen LogP contribution in [0.15, 0.2) is 40.1 Å². The summed E-state index contributed by atoms with van der Waals surface area (Å²) in [6, 6.07) is 7.37. The molecule has 0 N–H and O–H groups in total. The highest BCUT2D eigenvalue weighted by atomic mass is 79.9. The Morgan fingerprint density at radius 2 is 1.93 bits per heavy atom. The number of ketones is 1. The summed E-state index contributed by atoms with van der Waals surface area (Å²) in [4.78, 5) is 28.7. The van der Waals surface area contributed by atoms with Crippen molar-refractivity contribution in [1.29, 1.82) is 0 Å². The predicted molar refractivity (Wildman–Crippen MR) is 111 cm³/mol. The van der Waals surface area contributed by atoms with Crippen molar-refractivity contribution in [2.45, 2.75) is 55.7 Å². The normalized spacial score (nSPS) is 34.3. The molecule has 0 aromatic heterocycles. The summed E-state index contributed by atoms with van der Waals surface area (Å²) in [7, 11) is 0. The molecule has 29 heavy (non-hydrogen) atoms. The summed E-state index contributed by atoms with van der Waals surface area (Å²) < 4.78 is 12.9. The summed E-state index contributed by atoms with van der Waals surface area (Å²) >= 11 is 9.83. The maximum absolute atomic E-state index is 13.5. The van der Waals surface area contributed by atoms with Crippen LogP contribution in [0.1, 0.15) is 43.7 Å². The lowest BCUT2D eigenvalue weighted by Gasteiger charge is -2.37. The van der Waals surface area contributed by atoms with E-state index in [-0.39, 0.29) is 41.0 Å². The lowest BCUT2D eigenvalue weighted by Crippen LogP contribution is -2.41. The summed E-state index contributed by atoms with van der Waals surface area (Å²) in [6.07, 6.45) is 3.81. The van der Waals surface area contributed by atoms with Crippen LogP contribution in [0.2, 0.25) is 0 Å². The molecule has 5 nitrogen and oxygen atoms in total. The Morgan fingerprint density at radius 1 is 1.14 bits per heavy atom. The van der Waals surface area contributed by atoms with Gasteiger partial charge in [0.15, 0.2) is 11.5 Å². The molecule has 7 heteroatoms. The van der Waals surface area contributed by atoms with E-state index < -0.39 is 6.04 Å². The molecule has 5 unspecified atom stereocenters. The second kappa shape index (κ2) is 7.71. The highest BCUT2D eigenvalue weighted by Gasteiger charge is 2.53. The lowest BCUT2D eigenvalue weighted by atomic mass is 9.77. The van der Waals surface area contributed by atoms with Crippen LogP contribution in [0.3, 0.4) is 0 Å². The van der Waals surface area contributed by atoms with Crippen LogP contribution >= 0.6 is 27.5 Å². The Kier molecular flexibility index (Phi) is 5.21. The van der Waals surface area contributed by atoms with Gasteiger partial charge >= 0.3 is 0 Å². The van der Waals surface area contributed by atoms with Crippen LogP contribution in [-0.4, -0.2) is 47.3 Å². The number of fused-ring (bicyclic) bond motifs is 1. The van der Waals surface area contributed by atoms with Gasteiger partial charge in [-0.15, -0.1) is 11.6 Å². The van der Waals surface area contributed by atoms with Gasteiger partial charge in [0.25, 0.3) is 5.91 Å². The number of alkyl halides is 1. The molecule has 1 saturated heterocycles. The standard InChI is InChI=1S/C22H23BrClNO4/c23-13-5-3-12(4-6-13)19-18-20(26)16-10-14(24)7-8-17(16)29-21(18)22(27)25(19)11-15-2-1-9-28-15/h3-6,14-17,19H,1-2,7-11H2. The number of rotatable bonds is 3. The predicted octanol–water partition coefficient (Wildman–Crippen LogP) is 4.14. The average Bonchev–Trinajstić information content (AvgIpc) is 3.32. The molecule has 3 aliphatic heterocycles. The van der Waals surface area contributed by atoms with Crippen molar-refractivity contribution >= 4 is 39.2 Å². The summed E-state index contributed by atoms with van der Waals surface area (Å²) in [6.45, 7) is 1.19. The zero-order valence-electron chi connectivity index (χ0n) is 16.0. The second-order valence-electron chi connectivity index (χ2n) is 8.33. The van der Waals surface area contributed by atoms with E-state index in [1.165, 1.54) is 0 Å². The van der Waals surface area contributed by atoms with Crippen LogP contribution < -0.4 is 0 Å². The number of hydrogen-bond donors (Lipinski definition) is 0. The number of amides is 1. The molecule has 3 heterocycles. The third kappa shape index (κ3) is 3.43. The zero-order valence-corrected chi connectivity index (χ0v) is 18.3. The average molecular weight is 481 g/mol. The van der Waals surface area contributed by atoms with Crippen molar-refractivity contribution in [1.82, 2.24) is 4.90 Å². The minimum Gasteiger partial charge on any atom is -0.483 e. The van der Waals surface area contributed by atoms with Crippen LogP contribution in [0, 0.1) is 5.92 Å². The maximum atomic E-state index is 13.5. The number of carbonyl (C=O) groups is 2. The molecule has 0 bridgehead atoms. The highest BCUT2D eigenvalue weighted by molar-refractivity contribution is 9.10. The number of hydrogen-bond acceptors (Lipinski definition) is 4. The van der Waals surface area contributed by atoms with Crippen molar-refractivity contribution < 1.29 is 19.1 Å². The smallest absolute Gasteiger partial charge is 0.290 e. The molecule has 1 aromatic carbocycles. The molecule has 4 aliphatic rings. The number of nitrogens with zero attached hydrogens (tertiary/aromatic N) is 1. The van der Waals surface area contributed by atoms with Gasteiger partial charge < -0.3 is 14.4 Å². The fraction of sp³-hybridized carbons (Fsp3) is 0.545. The van der Waals surface area contributed by atoms with E-state index in [0.29, 0.717) is 25.0 Å². The van der Waals surface area contributed by atoms with Gasteiger partial charge in [-0.25, -0.2) is 0 Å². The number of Topliss-reactive ketones (excluding diaryl/α,β-unsaturated/α-hetero) is 1. The van der Waals surface area contributed by atoms with Gasteiger partial charge in [-0.3, -0.25) is 9.59 Å². The van der Waals surface area contributed by atoms with Crippen LogP contribution in [0.25, 0.3) is 0 Å². The van der Waals surface area contributed by atoms with E-state index in [2.05, 4.69) is 15.9 Å². The van der Waals surface area contributed by atoms with E-state index in [9.17, 15) is 9.59 Å². The highest BCUT2D eigenvalue weighted by Crippen LogP contribution is 2.47. The zero-order chi connectivity index (χ0) is 20.1. The first-order valence-electron chi connectivity index (χ1n) is 10.3. The van der Waals surface area contributed by atoms with Gasteiger partial charge in [-0.05, 0) is 49.8 Å².